The van der Waals surface area contributed by atoms with Crippen molar-refractivity contribution in [2.24, 2.45) is 0 Å². The maximum absolute atomic E-state index is 10.7. The molecule has 1 aromatic heterocycles. The topological polar surface area (TPSA) is 55.1 Å². The van der Waals surface area contributed by atoms with Crippen molar-refractivity contribution in [1.82, 2.24) is 9.55 Å². The average Bonchev–Trinajstić information content (AvgIpc) is 2.69. The number of thioether (sulfide) groups is 1. The van der Waals surface area contributed by atoms with Crippen molar-refractivity contribution in [3.63, 3.8) is 0 Å². The van der Waals surface area contributed by atoms with Gasteiger partial charge in [0.05, 0.1) is 21.5 Å². The van der Waals surface area contributed by atoms with Crippen LogP contribution in [-0.2, 0) is 4.79 Å². The molecule has 0 aliphatic heterocycles. The highest BCUT2D eigenvalue weighted by molar-refractivity contribution is 7.99. The van der Waals surface area contributed by atoms with Gasteiger partial charge in [-0.1, -0.05) is 41.0 Å². The zero-order valence-corrected chi connectivity index (χ0v) is 12.3. The lowest BCUT2D eigenvalue weighted by Crippen LogP contribution is -2.04. The van der Waals surface area contributed by atoms with E-state index < -0.39 is 5.97 Å². The maximum atomic E-state index is 10.7. The van der Waals surface area contributed by atoms with E-state index in [2.05, 4.69) is 4.98 Å². The van der Waals surface area contributed by atoms with E-state index in [1.54, 1.807) is 29.0 Å². The molecule has 1 aromatic carbocycles. The number of rotatable bonds is 4. The third kappa shape index (κ3) is 3.05. The second kappa shape index (κ2) is 5.86. The van der Waals surface area contributed by atoms with Crippen LogP contribution < -0.4 is 0 Å². The number of aliphatic carboxylic acids is 1. The van der Waals surface area contributed by atoms with Crippen molar-refractivity contribution in [2.75, 3.05) is 5.75 Å². The molecule has 0 bridgehead atoms. The number of benzene rings is 1. The van der Waals surface area contributed by atoms with E-state index in [9.17, 15) is 4.79 Å². The Hall–Kier alpha value is -1.17. The summed E-state index contributed by atoms with van der Waals surface area (Å²) < 4.78 is 1.76. The first-order valence-electron chi connectivity index (χ1n) is 5.34. The summed E-state index contributed by atoms with van der Waals surface area (Å²) in [4.78, 5) is 14.8. The summed E-state index contributed by atoms with van der Waals surface area (Å²) in [5, 5.41) is 10.3. The van der Waals surface area contributed by atoms with Crippen molar-refractivity contribution in [2.45, 2.75) is 12.1 Å². The van der Waals surface area contributed by atoms with Crippen molar-refractivity contribution < 1.29 is 9.90 Å². The normalized spacial score (nSPS) is 10.7. The minimum Gasteiger partial charge on any atom is -0.481 e. The van der Waals surface area contributed by atoms with Gasteiger partial charge in [-0.2, -0.15) is 0 Å². The highest BCUT2D eigenvalue weighted by Gasteiger charge is 2.16. The van der Waals surface area contributed by atoms with Gasteiger partial charge in [0.25, 0.3) is 0 Å². The highest BCUT2D eigenvalue weighted by atomic mass is 35.5. The molecule has 1 N–H and O–H groups in total. The average molecular weight is 317 g/mol. The van der Waals surface area contributed by atoms with Gasteiger partial charge in [-0.05, 0) is 19.1 Å². The van der Waals surface area contributed by atoms with Gasteiger partial charge >= 0.3 is 5.97 Å². The second-order valence-electron chi connectivity index (χ2n) is 3.77. The Morgan fingerprint density at radius 3 is 2.63 bits per heavy atom. The lowest BCUT2D eigenvalue weighted by atomic mass is 10.3. The molecule has 0 fully saturated rings. The maximum Gasteiger partial charge on any atom is 0.313 e. The summed E-state index contributed by atoms with van der Waals surface area (Å²) in [7, 11) is 0. The molecule has 0 aliphatic carbocycles. The minimum atomic E-state index is -0.901. The molecule has 1 heterocycles. The molecule has 0 aliphatic rings. The van der Waals surface area contributed by atoms with Crippen LogP contribution in [0.1, 0.15) is 5.69 Å². The minimum absolute atomic E-state index is 0.0709. The van der Waals surface area contributed by atoms with Gasteiger partial charge in [-0.15, -0.1) is 0 Å². The van der Waals surface area contributed by atoms with Crippen LogP contribution in [0, 0.1) is 6.92 Å². The van der Waals surface area contributed by atoms with Crippen LogP contribution in [-0.4, -0.2) is 26.4 Å². The summed E-state index contributed by atoms with van der Waals surface area (Å²) in [6, 6.07) is 5.21. The molecule has 0 radical (unpaired) electrons. The Morgan fingerprint density at radius 2 is 2.05 bits per heavy atom. The molecule has 7 heteroatoms. The Kier molecular flexibility index (Phi) is 4.39. The van der Waals surface area contributed by atoms with Crippen LogP contribution in [0.15, 0.2) is 29.6 Å². The number of aromatic nitrogens is 2. The van der Waals surface area contributed by atoms with E-state index in [1.807, 2.05) is 6.92 Å². The number of aryl methyl sites for hydroxylation is 1. The number of carbonyl (C=O) groups is 1. The highest BCUT2D eigenvalue weighted by Crippen LogP contribution is 2.33. The summed E-state index contributed by atoms with van der Waals surface area (Å²) in [5.74, 6) is -0.971. The van der Waals surface area contributed by atoms with Crippen LogP contribution in [0.2, 0.25) is 10.0 Å². The van der Waals surface area contributed by atoms with E-state index in [0.717, 1.165) is 17.5 Å². The van der Waals surface area contributed by atoms with Crippen molar-refractivity contribution >= 4 is 40.9 Å². The van der Waals surface area contributed by atoms with Crippen LogP contribution in [0.3, 0.4) is 0 Å². The van der Waals surface area contributed by atoms with E-state index >= 15 is 0 Å². The number of hydrogen-bond acceptors (Lipinski definition) is 3. The number of nitrogens with zero attached hydrogens (tertiary/aromatic N) is 2. The van der Waals surface area contributed by atoms with E-state index in [4.69, 9.17) is 28.3 Å². The zero-order valence-electron chi connectivity index (χ0n) is 9.93. The third-order valence-electron chi connectivity index (χ3n) is 2.39. The monoisotopic (exact) mass is 316 g/mol. The fraction of sp³-hybridized carbons (Fsp3) is 0.167. The molecule has 2 aromatic rings. The Morgan fingerprint density at radius 1 is 1.42 bits per heavy atom. The lowest BCUT2D eigenvalue weighted by Gasteiger charge is -2.12. The third-order valence-corrected chi connectivity index (χ3v) is 3.94. The first kappa shape index (κ1) is 14.2. The van der Waals surface area contributed by atoms with Crippen LogP contribution in [0.4, 0.5) is 0 Å². The summed E-state index contributed by atoms with van der Waals surface area (Å²) >= 11 is 13.5. The van der Waals surface area contributed by atoms with Crippen molar-refractivity contribution in [3.05, 3.63) is 40.1 Å². The Labute approximate surface area is 124 Å². The summed E-state index contributed by atoms with van der Waals surface area (Å²) in [6.07, 6.45) is 1.66. The molecule has 0 saturated heterocycles. The molecular formula is C12H10Cl2N2O2S. The molecule has 0 amide bonds. The summed E-state index contributed by atoms with van der Waals surface area (Å²) in [5.41, 5.74) is 1.46. The Balaban J connectivity index is 2.49. The van der Waals surface area contributed by atoms with Gasteiger partial charge in [0.1, 0.15) is 0 Å². The van der Waals surface area contributed by atoms with Crippen molar-refractivity contribution in [1.29, 1.82) is 0 Å². The number of hydrogen-bond donors (Lipinski definition) is 1. The van der Waals surface area contributed by atoms with Gasteiger partial charge in [0.15, 0.2) is 5.16 Å². The predicted molar refractivity (Wildman–Crippen MR) is 76.7 cm³/mol. The fourth-order valence-corrected chi connectivity index (χ4v) is 2.93. The first-order chi connectivity index (χ1) is 9.00. The zero-order chi connectivity index (χ0) is 14.0. The number of carboxylic acids is 1. The standard InChI is InChI=1S/C12H10Cl2N2O2S/c1-7-5-15-12(19-6-10(17)18)16(7)11-8(13)3-2-4-9(11)14/h2-5H,6H2,1H3,(H,17,18). The fourth-order valence-electron chi connectivity index (χ4n) is 1.62. The largest absolute Gasteiger partial charge is 0.481 e. The van der Waals surface area contributed by atoms with Gasteiger partial charge in [-0.3, -0.25) is 9.36 Å². The van der Waals surface area contributed by atoms with E-state index in [-0.39, 0.29) is 5.75 Å². The molecule has 2 rings (SSSR count). The smallest absolute Gasteiger partial charge is 0.313 e. The van der Waals surface area contributed by atoms with Crippen LogP contribution in [0.5, 0.6) is 0 Å². The number of carboxylic acid groups (broad SMARTS) is 1. The van der Waals surface area contributed by atoms with Crippen LogP contribution in [0.25, 0.3) is 5.69 Å². The van der Waals surface area contributed by atoms with E-state index in [1.165, 1.54) is 0 Å². The molecular weight excluding hydrogens is 307 g/mol. The number of halogens is 2. The van der Waals surface area contributed by atoms with Gasteiger partial charge < -0.3 is 5.11 Å². The molecule has 0 spiro atoms. The lowest BCUT2D eigenvalue weighted by molar-refractivity contribution is -0.133. The van der Waals surface area contributed by atoms with Gasteiger partial charge in [0, 0.05) is 11.9 Å². The first-order valence-corrected chi connectivity index (χ1v) is 7.08. The van der Waals surface area contributed by atoms with E-state index in [0.29, 0.717) is 20.9 Å². The number of para-hydroxylation sites is 1. The predicted octanol–water partition coefficient (Wildman–Crippen LogP) is 3.66. The molecule has 0 atom stereocenters. The van der Waals surface area contributed by atoms with Crippen molar-refractivity contribution in [3.8, 4) is 5.69 Å². The SMILES string of the molecule is Cc1cnc(SCC(=O)O)n1-c1c(Cl)cccc1Cl. The van der Waals surface area contributed by atoms with Crippen LogP contribution >= 0.6 is 35.0 Å². The van der Waals surface area contributed by atoms with Gasteiger partial charge in [-0.25, -0.2) is 4.98 Å². The molecule has 0 unspecified atom stereocenters. The number of imidazole rings is 1. The summed E-state index contributed by atoms with van der Waals surface area (Å²) in [6.45, 7) is 1.86. The molecule has 4 nitrogen and oxygen atoms in total. The van der Waals surface area contributed by atoms with Gasteiger partial charge in [0.2, 0.25) is 0 Å². The molecule has 100 valence electrons. The quantitative estimate of drug-likeness (QED) is 0.874. The molecule has 19 heavy (non-hydrogen) atoms. The Bertz CT molecular complexity index is 608. The molecule has 0 saturated carbocycles. The second-order valence-corrected chi connectivity index (χ2v) is 5.53.